The molecule has 0 radical (unpaired) electrons. The quantitative estimate of drug-likeness (QED) is 0.0236. The lowest BCUT2D eigenvalue weighted by Gasteiger charge is -2.33. The predicted octanol–water partition coefficient (Wildman–Crippen LogP) is 2.28. The van der Waals surface area contributed by atoms with Gasteiger partial charge in [0.1, 0.15) is 72.5 Å². The van der Waals surface area contributed by atoms with E-state index in [4.69, 9.17) is 17.2 Å². The molecule has 1 fully saturated rings. The van der Waals surface area contributed by atoms with E-state index in [-0.39, 0.29) is 87.7 Å². The molecule has 590 valence electrons. The number of rotatable bonds is 49. The van der Waals surface area contributed by atoms with E-state index < -0.39 is 179 Å². The van der Waals surface area contributed by atoms with Crippen molar-refractivity contribution in [3.05, 3.63) is 0 Å². The van der Waals surface area contributed by atoms with Gasteiger partial charge < -0.3 is 85.7 Å². The lowest BCUT2D eigenvalue weighted by Crippen LogP contribution is -2.63. The molecule has 0 spiro atoms. The number of guanidine groups is 1. The minimum Gasteiger partial charge on any atom is -0.480 e. The van der Waals surface area contributed by atoms with E-state index in [1.54, 1.807) is 34.6 Å². The molecule has 0 aromatic carbocycles. The van der Waals surface area contributed by atoms with Gasteiger partial charge in [-0.05, 0) is 136 Å². The first-order valence-corrected chi connectivity index (χ1v) is 39.7. The van der Waals surface area contributed by atoms with Crippen molar-refractivity contribution in [1.29, 1.82) is 0 Å². The number of carboxylic acids is 1. The number of aliphatic carboxylic acids is 1. The van der Waals surface area contributed by atoms with Crippen molar-refractivity contribution in [1.82, 2.24) is 63.4 Å². The van der Waals surface area contributed by atoms with Gasteiger partial charge in [-0.2, -0.15) is 23.5 Å². The van der Waals surface area contributed by atoms with Gasteiger partial charge in [0, 0.05) is 13.1 Å². The maximum absolute atomic E-state index is 14.8. The monoisotopic (exact) mass is 1490 g/mol. The smallest absolute Gasteiger partial charge is 0.325 e. The molecule has 1 aliphatic heterocycles. The Morgan fingerprint density at radius 2 is 0.796 bits per heavy atom. The van der Waals surface area contributed by atoms with Crippen molar-refractivity contribution in [3.8, 4) is 0 Å². The molecule has 103 heavy (non-hydrogen) atoms. The molecule has 0 saturated carbocycles. The number of thioether (sulfide) groups is 2. The number of carbonyl (C=O) groups is 13. The Bertz CT molecular complexity index is 2800. The number of likely N-dealkylation sites (tertiary alicyclic amines) is 1. The molecular formula is C71H130N16O14S2. The number of carboxylic acid groups (broad SMARTS) is 1. The number of nitrogens with two attached hydrogens (primary N) is 3. The zero-order chi connectivity index (χ0) is 78.7. The number of aliphatic imine (C=N–C) groups is 1. The third kappa shape index (κ3) is 32.9. The van der Waals surface area contributed by atoms with Gasteiger partial charge in [0.05, 0.1) is 6.04 Å². The fourth-order valence-electron chi connectivity index (χ4n) is 11.5. The van der Waals surface area contributed by atoms with Gasteiger partial charge in [-0.1, -0.05) is 136 Å². The number of carbonyl (C=O) groups excluding carboxylic acids is 12. The van der Waals surface area contributed by atoms with Crippen LogP contribution in [0, 0.1) is 47.3 Å². The third-order valence-electron chi connectivity index (χ3n) is 18.8. The number of nitrogens with zero attached hydrogens (tertiary/aromatic N) is 2. The molecule has 0 aliphatic carbocycles. The molecule has 1 saturated heterocycles. The standard InChI is InChI=1S/C71H130N16O14S2/c1-20-41(13)53(72)64(94)78-46(26-24-30-75-71(73)74)59(89)80-51(36-39(9)10)62(92)84-56(43(15)22-3)68(98)86-57(44(16)23-4)67(97)83-54(40(11)12)65(95)81-50(35-38(7)8)61(91)79-48(29-33-103-19)69(99)87-31-25-27-52(87)63(93)85-55(42(14)21-2)66(96)82-49(34-37(5)6)60(90)77-47(28-32-102-18)58(88)76-45(17)70(100)101/h37-57H,20-36,72H2,1-19H3,(H,76,88)(H,77,90)(H,78,94)(H,79,91)(H,80,89)(H,81,95)(H,82,96)(H,83,97)(H,84,92)(H,85,93)(H,86,98)(H,100,101)(H4,73,74,75)/t41-,42-,43-,44-,45-,46-,47-,48-,49-,50-,51-,52-,53-,54-,55-,56-,57-/m0/s1. The van der Waals surface area contributed by atoms with Crippen LogP contribution in [-0.2, 0) is 62.3 Å². The fourth-order valence-corrected chi connectivity index (χ4v) is 12.5. The van der Waals surface area contributed by atoms with Gasteiger partial charge in [0.25, 0.3) is 0 Å². The highest BCUT2D eigenvalue weighted by atomic mass is 32.2. The van der Waals surface area contributed by atoms with Crippen molar-refractivity contribution >= 4 is 106 Å². The normalized spacial score (nSPS) is 17.7. The zero-order valence-electron chi connectivity index (χ0n) is 64.8. The van der Waals surface area contributed by atoms with E-state index in [0.717, 1.165) is 0 Å². The average Bonchev–Trinajstić information content (AvgIpc) is 1.75. The Balaban J connectivity index is 3.58. The van der Waals surface area contributed by atoms with Gasteiger partial charge >= 0.3 is 5.97 Å². The first-order valence-electron chi connectivity index (χ1n) is 36.9. The van der Waals surface area contributed by atoms with Crippen LogP contribution in [-0.4, -0.2) is 208 Å². The van der Waals surface area contributed by atoms with Crippen LogP contribution in [0.1, 0.15) is 201 Å². The van der Waals surface area contributed by atoms with E-state index in [1.165, 1.54) is 35.3 Å². The third-order valence-corrected chi connectivity index (χ3v) is 20.1. The number of amides is 12. The van der Waals surface area contributed by atoms with Crippen LogP contribution in [0.25, 0.3) is 0 Å². The Kier molecular flexibility index (Phi) is 44.0. The summed E-state index contributed by atoms with van der Waals surface area (Å²) >= 11 is 2.85. The summed E-state index contributed by atoms with van der Waals surface area (Å²) in [6.07, 6.45) is 7.22. The van der Waals surface area contributed by atoms with Gasteiger partial charge in [-0.3, -0.25) is 67.3 Å². The molecule has 1 rings (SSSR count). The summed E-state index contributed by atoms with van der Waals surface area (Å²) in [5.41, 5.74) is 17.3. The fraction of sp³-hybridized carbons (Fsp3) is 0.803. The number of hydrogen-bond donors (Lipinski definition) is 15. The summed E-state index contributed by atoms with van der Waals surface area (Å²) in [6.45, 7) is 30.6. The molecule has 0 bridgehead atoms. The largest absolute Gasteiger partial charge is 0.480 e. The topological polar surface area (TPSA) is 468 Å². The second-order valence-electron chi connectivity index (χ2n) is 29.3. The van der Waals surface area contributed by atoms with Crippen LogP contribution >= 0.6 is 23.5 Å². The van der Waals surface area contributed by atoms with Crippen molar-refractivity contribution in [2.75, 3.05) is 37.1 Å². The van der Waals surface area contributed by atoms with Crippen molar-refractivity contribution in [2.24, 2.45) is 69.5 Å². The van der Waals surface area contributed by atoms with Crippen LogP contribution in [0.5, 0.6) is 0 Å². The molecule has 12 amide bonds. The van der Waals surface area contributed by atoms with Gasteiger partial charge in [0.2, 0.25) is 70.9 Å². The van der Waals surface area contributed by atoms with E-state index in [2.05, 4.69) is 63.5 Å². The summed E-state index contributed by atoms with van der Waals surface area (Å²) in [6, 6.07) is -15.1. The minimum absolute atomic E-state index is 0.0995. The molecule has 1 heterocycles. The summed E-state index contributed by atoms with van der Waals surface area (Å²) in [5.74, 6) is -11.2. The van der Waals surface area contributed by atoms with Crippen LogP contribution in [0.3, 0.4) is 0 Å². The summed E-state index contributed by atoms with van der Waals surface area (Å²) in [5, 5.41) is 40.0. The summed E-state index contributed by atoms with van der Waals surface area (Å²) in [7, 11) is 0. The Labute approximate surface area is 620 Å². The average molecular weight is 1500 g/mol. The van der Waals surface area contributed by atoms with E-state index >= 15 is 0 Å². The van der Waals surface area contributed by atoms with Crippen LogP contribution < -0.4 is 75.7 Å². The molecule has 1 aliphatic rings. The molecule has 0 unspecified atom stereocenters. The predicted molar refractivity (Wildman–Crippen MR) is 404 cm³/mol. The first-order chi connectivity index (χ1) is 48.2. The SMILES string of the molecule is CC[C@H](C)[C@H](N)C(=O)N[C@@H](CCCN=C(N)N)C(=O)N[C@@H](CC(C)C)C(=O)N[C@H](C(=O)N[C@H](C(=O)N[C@H](C(=O)N[C@@H](CC(C)C)C(=O)N[C@@H](CCSC)C(=O)N1CCC[C@H]1C(=O)N[C@H](C(=O)N[C@@H](CC(C)C)C(=O)N[C@@H](CCSC)C(=O)N[C@@H](C)C(=O)O)[C@@H](C)CC)C(C)C)[C@@H](C)CC)[C@@H](C)CC. The highest BCUT2D eigenvalue weighted by molar-refractivity contribution is 7.98. The minimum atomic E-state index is -1.26. The second kappa shape index (κ2) is 48.2. The summed E-state index contributed by atoms with van der Waals surface area (Å²) in [4.78, 5) is 188. The van der Waals surface area contributed by atoms with Crippen molar-refractivity contribution in [3.63, 3.8) is 0 Å². The van der Waals surface area contributed by atoms with Gasteiger partial charge in [0.15, 0.2) is 5.96 Å². The van der Waals surface area contributed by atoms with Gasteiger partial charge in [-0.25, -0.2) is 0 Å². The van der Waals surface area contributed by atoms with Crippen molar-refractivity contribution in [2.45, 2.75) is 280 Å². The van der Waals surface area contributed by atoms with Crippen LogP contribution in [0.4, 0.5) is 0 Å². The molecule has 0 aromatic heterocycles. The Morgan fingerprint density at radius 1 is 0.447 bits per heavy atom. The molecule has 17 atom stereocenters. The molecular weight excluding hydrogens is 1370 g/mol. The summed E-state index contributed by atoms with van der Waals surface area (Å²) < 4.78 is 0. The number of nitrogens with one attached hydrogen (secondary N) is 11. The highest BCUT2D eigenvalue weighted by Crippen LogP contribution is 2.23. The van der Waals surface area contributed by atoms with E-state index in [9.17, 15) is 67.4 Å². The maximum Gasteiger partial charge on any atom is 0.325 e. The molecule has 0 aromatic rings. The first kappa shape index (κ1) is 94.1. The molecule has 18 N–H and O–H groups in total. The van der Waals surface area contributed by atoms with E-state index in [0.29, 0.717) is 50.0 Å². The number of hydrogen-bond acceptors (Lipinski definition) is 17. The van der Waals surface area contributed by atoms with Gasteiger partial charge in [-0.15, -0.1) is 0 Å². The lowest BCUT2D eigenvalue weighted by atomic mass is 9.93. The highest BCUT2D eigenvalue weighted by Gasteiger charge is 2.43. The molecule has 30 nitrogen and oxygen atoms in total. The zero-order valence-corrected chi connectivity index (χ0v) is 66.5. The van der Waals surface area contributed by atoms with Crippen LogP contribution in [0.2, 0.25) is 0 Å². The maximum atomic E-state index is 14.8. The van der Waals surface area contributed by atoms with Crippen LogP contribution in [0.15, 0.2) is 4.99 Å². The second-order valence-corrected chi connectivity index (χ2v) is 31.3. The Morgan fingerprint density at radius 3 is 1.22 bits per heavy atom. The Hall–Kier alpha value is -6.96. The lowest BCUT2D eigenvalue weighted by molar-refractivity contribution is -0.143. The van der Waals surface area contributed by atoms with E-state index in [1.807, 2.05) is 88.7 Å². The van der Waals surface area contributed by atoms with Crippen molar-refractivity contribution < 1.29 is 67.4 Å². The molecule has 32 heteroatoms.